The van der Waals surface area contributed by atoms with Crippen LogP contribution < -0.4 is 0 Å². The summed E-state index contributed by atoms with van der Waals surface area (Å²) in [4.78, 5) is 15.6. The molecular formula is C9H16N2O3Si. The molecule has 0 aliphatic rings. The first-order valence-corrected chi connectivity index (χ1v) is 8.08. The Morgan fingerprint density at radius 3 is 2.73 bits per heavy atom. The molecule has 1 heterocycles. The maximum Gasteiger partial charge on any atom is 0.361 e. The summed E-state index contributed by atoms with van der Waals surface area (Å²) in [6.07, 6.45) is 3.24. The average molecular weight is 228 g/mol. The molecule has 0 bridgehead atoms. The molecule has 0 saturated carbocycles. The third kappa shape index (κ3) is 3.48. The summed E-state index contributed by atoms with van der Waals surface area (Å²) < 4.78 is 11.9. The number of ether oxygens (including phenoxy) is 1. The summed E-state index contributed by atoms with van der Waals surface area (Å²) >= 11 is 0. The Morgan fingerprint density at radius 1 is 1.53 bits per heavy atom. The number of hydrogen-bond acceptors (Lipinski definition) is 4. The van der Waals surface area contributed by atoms with Gasteiger partial charge in [-0.25, -0.2) is 9.78 Å². The van der Waals surface area contributed by atoms with E-state index in [2.05, 4.69) is 4.98 Å². The molecule has 0 N–H and O–H groups in total. The van der Waals surface area contributed by atoms with Gasteiger partial charge in [0.25, 0.3) is 0 Å². The standard InChI is InChI=1S/C9H16N2O3Si/c1-13-7-11-6-5-10-8(11)9(12)14-15(2,3)4/h5-6H,7H2,1-4H3. The fourth-order valence-electron chi connectivity index (χ4n) is 1.07. The SMILES string of the molecule is COCn1ccnc1C(=O)O[Si](C)(C)C. The second-order valence-corrected chi connectivity index (χ2v) is 8.57. The van der Waals surface area contributed by atoms with Crippen molar-refractivity contribution in [3.05, 3.63) is 18.2 Å². The minimum Gasteiger partial charge on any atom is -0.514 e. The lowest BCUT2D eigenvalue weighted by Gasteiger charge is -2.17. The quantitative estimate of drug-likeness (QED) is 0.732. The summed E-state index contributed by atoms with van der Waals surface area (Å²) in [5.41, 5.74) is 0. The lowest BCUT2D eigenvalue weighted by atomic mass is 10.6. The summed E-state index contributed by atoms with van der Waals surface area (Å²) in [5, 5.41) is 0. The molecule has 0 aliphatic carbocycles. The van der Waals surface area contributed by atoms with E-state index in [0.29, 0.717) is 12.6 Å². The first-order valence-electron chi connectivity index (χ1n) is 4.67. The Morgan fingerprint density at radius 2 is 2.20 bits per heavy atom. The Bertz CT molecular complexity index is 343. The molecule has 1 aromatic heterocycles. The van der Waals surface area contributed by atoms with E-state index < -0.39 is 8.32 Å². The summed E-state index contributed by atoms with van der Waals surface area (Å²) in [6, 6.07) is 0. The molecule has 6 heteroatoms. The van der Waals surface area contributed by atoms with Gasteiger partial charge in [0.1, 0.15) is 6.73 Å². The van der Waals surface area contributed by atoms with Crippen molar-refractivity contribution in [1.29, 1.82) is 0 Å². The van der Waals surface area contributed by atoms with Gasteiger partial charge in [-0.3, -0.25) is 0 Å². The van der Waals surface area contributed by atoms with Crippen molar-refractivity contribution in [2.24, 2.45) is 0 Å². The number of rotatable bonds is 4. The molecule has 15 heavy (non-hydrogen) atoms. The molecule has 1 aromatic rings. The second-order valence-electron chi connectivity index (χ2n) is 4.14. The van der Waals surface area contributed by atoms with Crippen molar-refractivity contribution >= 4 is 14.3 Å². The number of methoxy groups -OCH3 is 1. The molecular weight excluding hydrogens is 212 g/mol. The molecule has 0 saturated heterocycles. The van der Waals surface area contributed by atoms with Gasteiger partial charge in [-0.05, 0) is 19.6 Å². The molecule has 84 valence electrons. The van der Waals surface area contributed by atoms with Crippen molar-refractivity contribution in [2.75, 3.05) is 7.11 Å². The van der Waals surface area contributed by atoms with Crippen LogP contribution in [0.5, 0.6) is 0 Å². The van der Waals surface area contributed by atoms with Crippen molar-refractivity contribution in [3.63, 3.8) is 0 Å². The van der Waals surface area contributed by atoms with Gasteiger partial charge in [0, 0.05) is 19.5 Å². The molecule has 0 unspecified atom stereocenters. The Kier molecular flexibility index (Phi) is 3.65. The highest BCUT2D eigenvalue weighted by atomic mass is 28.4. The fourth-order valence-corrected chi connectivity index (χ4v) is 1.71. The number of imidazole rings is 1. The van der Waals surface area contributed by atoms with Gasteiger partial charge in [-0.2, -0.15) is 0 Å². The molecule has 5 nitrogen and oxygen atoms in total. The summed E-state index contributed by atoms with van der Waals surface area (Å²) in [7, 11) is -0.303. The number of nitrogens with zero attached hydrogens (tertiary/aromatic N) is 2. The Hall–Kier alpha value is -1.14. The first-order chi connectivity index (χ1) is 6.94. The zero-order valence-electron chi connectivity index (χ0n) is 9.48. The van der Waals surface area contributed by atoms with E-state index in [4.69, 9.17) is 9.16 Å². The van der Waals surface area contributed by atoms with Crippen LogP contribution in [0.25, 0.3) is 0 Å². The zero-order valence-corrected chi connectivity index (χ0v) is 10.5. The average Bonchev–Trinajstić information content (AvgIpc) is 2.49. The number of hydrogen-bond donors (Lipinski definition) is 0. The van der Waals surface area contributed by atoms with Crippen molar-refractivity contribution in [1.82, 2.24) is 9.55 Å². The monoisotopic (exact) mass is 228 g/mol. The number of carbonyl (C=O) groups excluding carboxylic acids is 1. The Balaban J connectivity index is 2.77. The summed E-state index contributed by atoms with van der Waals surface area (Å²) in [6.45, 7) is 6.16. The molecule has 0 aliphatic heterocycles. The van der Waals surface area contributed by atoms with Gasteiger partial charge in [0.15, 0.2) is 0 Å². The van der Waals surface area contributed by atoms with E-state index in [1.165, 1.54) is 0 Å². The molecule has 1 rings (SSSR count). The van der Waals surface area contributed by atoms with Crippen molar-refractivity contribution < 1.29 is 14.0 Å². The lowest BCUT2D eigenvalue weighted by molar-refractivity contribution is 0.0680. The minimum absolute atomic E-state index is 0.291. The van der Waals surface area contributed by atoms with E-state index in [1.54, 1.807) is 24.1 Å². The number of carbonyl (C=O) groups is 1. The molecule has 0 amide bonds. The van der Waals surface area contributed by atoms with Crippen LogP contribution in [0.3, 0.4) is 0 Å². The molecule has 0 radical (unpaired) electrons. The zero-order chi connectivity index (χ0) is 11.5. The van der Waals surface area contributed by atoms with Gasteiger partial charge in [0.2, 0.25) is 14.1 Å². The maximum absolute atomic E-state index is 11.7. The molecule has 0 aromatic carbocycles. The van der Waals surface area contributed by atoms with E-state index in [-0.39, 0.29) is 5.97 Å². The van der Waals surface area contributed by atoms with Gasteiger partial charge < -0.3 is 13.7 Å². The van der Waals surface area contributed by atoms with E-state index in [0.717, 1.165) is 0 Å². The molecule has 0 spiro atoms. The third-order valence-corrected chi connectivity index (χ3v) is 2.36. The van der Waals surface area contributed by atoms with Crippen molar-refractivity contribution in [3.8, 4) is 0 Å². The number of aromatic nitrogens is 2. The highest BCUT2D eigenvalue weighted by Gasteiger charge is 2.23. The fraction of sp³-hybridized carbons (Fsp3) is 0.556. The minimum atomic E-state index is -1.87. The predicted octanol–water partition coefficient (Wildman–Crippen LogP) is 1.48. The third-order valence-electron chi connectivity index (χ3n) is 1.57. The van der Waals surface area contributed by atoms with E-state index in [9.17, 15) is 4.79 Å². The second kappa shape index (κ2) is 4.58. The summed E-state index contributed by atoms with van der Waals surface area (Å²) in [5.74, 6) is -0.0875. The van der Waals surface area contributed by atoms with Crippen LogP contribution in [-0.2, 0) is 15.9 Å². The topological polar surface area (TPSA) is 53.4 Å². The maximum atomic E-state index is 11.7. The van der Waals surface area contributed by atoms with Crippen LogP contribution in [0.2, 0.25) is 19.6 Å². The van der Waals surface area contributed by atoms with Crippen LogP contribution in [-0.4, -0.2) is 30.9 Å². The van der Waals surface area contributed by atoms with E-state index >= 15 is 0 Å². The van der Waals surface area contributed by atoms with E-state index in [1.807, 2.05) is 19.6 Å². The van der Waals surface area contributed by atoms with Crippen molar-refractivity contribution in [2.45, 2.75) is 26.4 Å². The highest BCUT2D eigenvalue weighted by Crippen LogP contribution is 2.08. The van der Waals surface area contributed by atoms with Crippen LogP contribution in [0, 0.1) is 0 Å². The highest BCUT2D eigenvalue weighted by molar-refractivity contribution is 6.71. The predicted molar refractivity (Wildman–Crippen MR) is 58.0 cm³/mol. The smallest absolute Gasteiger partial charge is 0.361 e. The Labute approximate surface area is 90.2 Å². The van der Waals surface area contributed by atoms with Gasteiger partial charge in [0.05, 0.1) is 0 Å². The molecule has 0 atom stereocenters. The van der Waals surface area contributed by atoms with Gasteiger partial charge in [-0.1, -0.05) is 0 Å². The van der Waals surface area contributed by atoms with Gasteiger partial charge in [-0.15, -0.1) is 0 Å². The van der Waals surface area contributed by atoms with Crippen LogP contribution in [0.15, 0.2) is 12.4 Å². The van der Waals surface area contributed by atoms with Crippen LogP contribution in [0.1, 0.15) is 10.6 Å². The first kappa shape index (κ1) is 11.9. The van der Waals surface area contributed by atoms with Gasteiger partial charge >= 0.3 is 5.97 Å². The largest absolute Gasteiger partial charge is 0.514 e. The lowest BCUT2D eigenvalue weighted by Crippen LogP contribution is -2.30. The molecule has 0 fully saturated rings. The van der Waals surface area contributed by atoms with Crippen LogP contribution in [0.4, 0.5) is 0 Å². The van der Waals surface area contributed by atoms with Crippen LogP contribution >= 0.6 is 0 Å². The normalized spacial score (nSPS) is 11.5.